The van der Waals surface area contributed by atoms with E-state index in [1.165, 1.54) is 12.1 Å². The van der Waals surface area contributed by atoms with Crippen LogP contribution in [0.5, 0.6) is 11.5 Å². The first-order valence-corrected chi connectivity index (χ1v) is 7.75. The summed E-state index contributed by atoms with van der Waals surface area (Å²) in [5, 5.41) is 16.8. The van der Waals surface area contributed by atoms with E-state index in [9.17, 15) is 4.39 Å². The number of hydrogen-bond donors (Lipinski definition) is 2. The van der Waals surface area contributed by atoms with Crippen LogP contribution in [0.1, 0.15) is 11.1 Å². The van der Waals surface area contributed by atoms with Gasteiger partial charge in [0, 0.05) is 17.7 Å². The van der Waals surface area contributed by atoms with E-state index in [0.717, 1.165) is 5.56 Å². The number of aromatic amines is 1. The third kappa shape index (κ3) is 4.16. The summed E-state index contributed by atoms with van der Waals surface area (Å²) < 4.78 is 24.4. The molecule has 2 aromatic carbocycles. The smallest absolute Gasteiger partial charge is 0.263 e. The molecule has 2 N–H and O–H groups in total. The van der Waals surface area contributed by atoms with E-state index >= 15 is 0 Å². The van der Waals surface area contributed by atoms with E-state index in [1.807, 2.05) is 12.1 Å². The van der Waals surface area contributed by atoms with Crippen molar-refractivity contribution in [2.45, 2.75) is 13.2 Å². The fraction of sp³-hybridized carbons (Fsp3) is 0.188. The topological polar surface area (TPSA) is 85.0 Å². The molecule has 0 unspecified atom stereocenters. The van der Waals surface area contributed by atoms with Gasteiger partial charge >= 0.3 is 0 Å². The van der Waals surface area contributed by atoms with Gasteiger partial charge in [0.2, 0.25) is 0 Å². The van der Waals surface area contributed by atoms with Crippen LogP contribution in [0.4, 0.5) is 10.3 Å². The van der Waals surface area contributed by atoms with Crippen LogP contribution >= 0.6 is 11.6 Å². The van der Waals surface area contributed by atoms with Crippen molar-refractivity contribution in [3.05, 3.63) is 58.4 Å². The van der Waals surface area contributed by atoms with Crippen LogP contribution in [0.3, 0.4) is 0 Å². The third-order valence-corrected chi connectivity index (χ3v) is 3.80. The first-order chi connectivity index (χ1) is 12.2. The number of hydrogen-bond acceptors (Lipinski definition) is 6. The average Bonchev–Trinajstić information content (AvgIpc) is 3.13. The van der Waals surface area contributed by atoms with E-state index in [4.69, 9.17) is 21.1 Å². The Kier molecular flexibility index (Phi) is 5.30. The van der Waals surface area contributed by atoms with Crippen LogP contribution in [-0.4, -0.2) is 27.7 Å². The Balaban J connectivity index is 1.78. The molecule has 0 aliphatic carbocycles. The number of ether oxygens (including phenoxy) is 2. The number of nitrogens with one attached hydrogen (secondary N) is 2. The summed E-state index contributed by atoms with van der Waals surface area (Å²) in [7, 11) is 1.56. The van der Waals surface area contributed by atoms with Crippen molar-refractivity contribution < 1.29 is 13.9 Å². The zero-order valence-corrected chi connectivity index (χ0v) is 14.0. The SMILES string of the molecule is COc1cccc(CNc2nn[nH]n2)c1OCc1ccc(F)cc1Cl. The maximum absolute atomic E-state index is 13.2. The lowest BCUT2D eigenvalue weighted by atomic mass is 10.1. The molecule has 3 aromatic rings. The molecular weight excluding hydrogens is 349 g/mol. The molecule has 0 bridgehead atoms. The van der Waals surface area contributed by atoms with Crippen molar-refractivity contribution in [3.63, 3.8) is 0 Å². The van der Waals surface area contributed by atoms with Gasteiger partial charge in [-0.15, -0.1) is 5.10 Å². The molecule has 0 fully saturated rings. The Morgan fingerprint density at radius 1 is 1.24 bits per heavy atom. The highest BCUT2D eigenvalue weighted by Gasteiger charge is 2.13. The number of halogens is 2. The van der Waals surface area contributed by atoms with Crippen molar-refractivity contribution in [1.82, 2.24) is 20.6 Å². The van der Waals surface area contributed by atoms with Crippen LogP contribution in [0.25, 0.3) is 0 Å². The summed E-state index contributed by atoms with van der Waals surface area (Å²) in [6.07, 6.45) is 0. The van der Waals surface area contributed by atoms with Gasteiger partial charge in [0.1, 0.15) is 12.4 Å². The monoisotopic (exact) mass is 363 g/mol. The molecule has 9 heteroatoms. The second-order valence-corrected chi connectivity index (χ2v) is 5.47. The quantitative estimate of drug-likeness (QED) is 0.670. The lowest BCUT2D eigenvalue weighted by Crippen LogP contribution is -2.06. The van der Waals surface area contributed by atoms with Crippen molar-refractivity contribution >= 4 is 17.5 Å². The molecule has 0 amide bonds. The van der Waals surface area contributed by atoms with E-state index in [-0.39, 0.29) is 6.61 Å². The zero-order chi connectivity index (χ0) is 17.6. The molecule has 0 saturated carbocycles. The average molecular weight is 364 g/mol. The van der Waals surface area contributed by atoms with Gasteiger partial charge in [0.15, 0.2) is 11.5 Å². The first-order valence-electron chi connectivity index (χ1n) is 7.37. The summed E-state index contributed by atoms with van der Waals surface area (Å²) >= 11 is 6.05. The number of methoxy groups -OCH3 is 1. The molecule has 1 heterocycles. The minimum Gasteiger partial charge on any atom is -0.493 e. The Morgan fingerprint density at radius 2 is 2.12 bits per heavy atom. The van der Waals surface area contributed by atoms with Crippen molar-refractivity contribution in [2.24, 2.45) is 0 Å². The lowest BCUT2D eigenvalue weighted by molar-refractivity contribution is 0.281. The molecule has 3 rings (SSSR count). The van der Waals surface area contributed by atoms with Crippen LogP contribution in [-0.2, 0) is 13.2 Å². The molecule has 7 nitrogen and oxygen atoms in total. The Labute approximate surface area is 148 Å². The van der Waals surface area contributed by atoms with Gasteiger partial charge in [-0.05, 0) is 23.4 Å². The number of H-pyrrole nitrogens is 1. The number of rotatable bonds is 7. The molecule has 130 valence electrons. The molecule has 0 aliphatic heterocycles. The van der Waals surface area contributed by atoms with E-state index in [1.54, 1.807) is 19.2 Å². The molecule has 1 aromatic heterocycles. The number of anilines is 1. The fourth-order valence-electron chi connectivity index (χ4n) is 2.22. The van der Waals surface area contributed by atoms with Crippen molar-refractivity contribution in [1.29, 1.82) is 0 Å². The van der Waals surface area contributed by atoms with Gasteiger partial charge in [-0.2, -0.15) is 5.21 Å². The summed E-state index contributed by atoms with van der Waals surface area (Å²) in [4.78, 5) is 0. The Morgan fingerprint density at radius 3 is 2.84 bits per heavy atom. The maximum Gasteiger partial charge on any atom is 0.263 e. The number of para-hydroxylation sites is 1. The van der Waals surface area contributed by atoms with E-state index < -0.39 is 5.82 Å². The summed E-state index contributed by atoms with van der Waals surface area (Å²) in [5.41, 5.74) is 1.51. The van der Waals surface area contributed by atoms with Crippen LogP contribution < -0.4 is 14.8 Å². The maximum atomic E-state index is 13.2. The largest absolute Gasteiger partial charge is 0.493 e. The van der Waals surface area contributed by atoms with Gasteiger partial charge in [-0.1, -0.05) is 34.9 Å². The summed E-state index contributed by atoms with van der Waals surface area (Å²) in [5.74, 6) is 1.11. The number of benzene rings is 2. The second kappa shape index (κ2) is 7.80. The minimum absolute atomic E-state index is 0.175. The highest BCUT2D eigenvalue weighted by molar-refractivity contribution is 6.31. The Bertz CT molecular complexity index is 845. The molecular formula is C16H15ClFN5O2. The predicted octanol–water partition coefficient (Wildman–Crippen LogP) is 3.19. The zero-order valence-electron chi connectivity index (χ0n) is 13.3. The van der Waals surface area contributed by atoms with Gasteiger partial charge in [-0.25, -0.2) is 4.39 Å². The third-order valence-electron chi connectivity index (χ3n) is 3.45. The Hall–Kier alpha value is -2.87. The minimum atomic E-state index is -0.393. The lowest BCUT2D eigenvalue weighted by Gasteiger charge is -2.15. The van der Waals surface area contributed by atoms with Crippen LogP contribution in [0.2, 0.25) is 5.02 Å². The summed E-state index contributed by atoms with van der Waals surface area (Å²) in [6, 6.07) is 9.71. The first kappa shape index (κ1) is 17.0. The van der Waals surface area contributed by atoms with Crippen LogP contribution in [0.15, 0.2) is 36.4 Å². The second-order valence-electron chi connectivity index (χ2n) is 5.06. The summed E-state index contributed by atoms with van der Waals surface area (Å²) in [6.45, 7) is 0.581. The van der Waals surface area contributed by atoms with Crippen molar-refractivity contribution in [2.75, 3.05) is 12.4 Å². The fourth-order valence-corrected chi connectivity index (χ4v) is 2.45. The van der Waals surface area contributed by atoms with Gasteiger partial charge in [0.05, 0.1) is 12.1 Å². The molecule has 0 spiro atoms. The van der Waals surface area contributed by atoms with E-state index in [0.29, 0.717) is 34.6 Å². The molecule has 0 aliphatic rings. The number of nitrogens with zero attached hydrogens (tertiary/aromatic N) is 3. The van der Waals surface area contributed by atoms with Gasteiger partial charge in [-0.3, -0.25) is 0 Å². The van der Waals surface area contributed by atoms with Crippen LogP contribution in [0, 0.1) is 5.82 Å². The normalized spacial score (nSPS) is 10.5. The molecule has 25 heavy (non-hydrogen) atoms. The highest BCUT2D eigenvalue weighted by Crippen LogP contribution is 2.32. The molecule has 0 saturated heterocycles. The number of tetrazole rings is 1. The van der Waals surface area contributed by atoms with E-state index in [2.05, 4.69) is 25.9 Å². The van der Waals surface area contributed by atoms with Crippen molar-refractivity contribution in [3.8, 4) is 11.5 Å². The standard InChI is InChI=1S/C16H15ClFN5O2/c1-24-14-4-2-3-10(8-19-16-20-22-23-21-16)15(14)25-9-11-5-6-12(18)7-13(11)17/h2-7H,8-9H2,1H3,(H2,19,20,21,22,23). The predicted molar refractivity (Wildman–Crippen MR) is 90.2 cm³/mol. The molecule has 0 radical (unpaired) electrons. The number of aromatic nitrogens is 4. The highest BCUT2D eigenvalue weighted by atomic mass is 35.5. The van der Waals surface area contributed by atoms with Gasteiger partial charge < -0.3 is 14.8 Å². The molecule has 0 atom stereocenters. The van der Waals surface area contributed by atoms with Gasteiger partial charge in [0.25, 0.3) is 5.95 Å².